The second-order valence-electron chi connectivity index (χ2n) is 4.03. The fourth-order valence-electron chi connectivity index (χ4n) is 1.54. The molecule has 108 valence electrons. The molecule has 0 saturated carbocycles. The normalized spacial score (nSPS) is 13.4. The Bertz CT molecular complexity index is 409. The largest absolute Gasteiger partial charge is 0.494 e. The Morgan fingerprint density at radius 2 is 2.00 bits per heavy atom. The van der Waals surface area contributed by atoms with Crippen LogP contribution < -0.4 is 10.5 Å². The Hall–Kier alpha value is -1.34. The van der Waals surface area contributed by atoms with Gasteiger partial charge in [0.05, 0.1) is 13.7 Å². The van der Waals surface area contributed by atoms with Crippen LogP contribution in [-0.4, -0.2) is 32.5 Å². The maximum Gasteiger partial charge on any atom is 0.411 e. The fourth-order valence-corrected chi connectivity index (χ4v) is 1.54. The van der Waals surface area contributed by atoms with E-state index in [1.54, 1.807) is 6.07 Å². The van der Waals surface area contributed by atoms with Crippen LogP contribution in [0.3, 0.4) is 0 Å². The average molecular weight is 281 g/mol. The number of alkyl halides is 3. The average Bonchev–Trinajstić information content (AvgIpc) is 2.30. The first-order valence-corrected chi connectivity index (χ1v) is 5.55. The first kappa shape index (κ1) is 15.7. The number of halogens is 4. The van der Waals surface area contributed by atoms with Crippen LogP contribution in [0.2, 0.25) is 0 Å². The van der Waals surface area contributed by atoms with Crippen LogP contribution in [0.4, 0.5) is 17.6 Å². The highest BCUT2D eigenvalue weighted by Crippen LogP contribution is 2.21. The molecule has 0 aromatic heterocycles. The van der Waals surface area contributed by atoms with Crippen molar-refractivity contribution in [1.82, 2.24) is 0 Å². The molecular formula is C12H15F4NO2. The van der Waals surface area contributed by atoms with Crippen molar-refractivity contribution in [2.75, 3.05) is 20.3 Å². The summed E-state index contributed by atoms with van der Waals surface area (Å²) in [6, 6.07) is 3.82. The van der Waals surface area contributed by atoms with Crippen LogP contribution in [0.1, 0.15) is 5.56 Å². The van der Waals surface area contributed by atoms with Gasteiger partial charge in [-0.3, -0.25) is 0 Å². The Kier molecular flexibility index (Phi) is 5.56. The summed E-state index contributed by atoms with van der Waals surface area (Å²) in [6.07, 6.45) is -4.32. The van der Waals surface area contributed by atoms with Gasteiger partial charge >= 0.3 is 6.18 Å². The van der Waals surface area contributed by atoms with Crippen LogP contribution in [-0.2, 0) is 11.2 Å². The van der Waals surface area contributed by atoms with E-state index < -0.39 is 24.6 Å². The van der Waals surface area contributed by atoms with Crippen molar-refractivity contribution >= 4 is 0 Å². The van der Waals surface area contributed by atoms with Crippen molar-refractivity contribution in [1.29, 1.82) is 0 Å². The Labute approximate surface area is 108 Å². The van der Waals surface area contributed by atoms with Crippen LogP contribution in [0.15, 0.2) is 18.2 Å². The third kappa shape index (κ3) is 5.44. The van der Waals surface area contributed by atoms with Crippen LogP contribution in [0.25, 0.3) is 0 Å². The summed E-state index contributed by atoms with van der Waals surface area (Å²) < 4.78 is 58.5. The van der Waals surface area contributed by atoms with Crippen molar-refractivity contribution in [3.8, 4) is 5.75 Å². The molecule has 7 heteroatoms. The molecule has 1 unspecified atom stereocenters. The van der Waals surface area contributed by atoms with Crippen LogP contribution >= 0.6 is 0 Å². The summed E-state index contributed by atoms with van der Waals surface area (Å²) in [4.78, 5) is 0. The first-order valence-electron chi connectivity index (χ1n) is 5.55. The number of nitrogens with two attached hydrogens (primary N) is 1. The van der Waals surface area contributed by atoms with Gasteiger partial charge in [0.15, 0.2) is 11.6 Å². The third-order valence-corrected chi connectivity index (χ3v) is 2.34. The lowest BCUT2D eigenvalue weighted by atomic mass is 10.1. The molecule has 0 aliphatic carbocycles. The molecule has 0 spiro atoms. The summed E-state index contributed by atoms with van der Waals surface area (Å²) in [5.41, 5.74) is 5.88. The standard InChI is InChI=1S/C12H15F4NO2/c1-18-10-4-2-3-8(11(10)13)5-9(17)6-19-7-12(14,15)16/h2-4,9H,5-7,17H2,1H3. The highest BCUT2D eigenvalue weighted by molar-refractivity contribution is 5.31. The zero-order chi connectivity index (χ0) is 14.5. The minimum atomic E-state index is -4.39. The predicted octanol–water partition coefficient (Wildman–Crippen LogP) is 2.28. The van der Waals surface area contributed by atoms with Gasteiger partial charge in [0.25, 0.3) is 0 Å². The van der Waals surface area contributed by atoms with Gasteiger partial charge in [0.2, 0.25) is 0 Å². The number of rotatable bonds is 6. The quantitative estimate of drug-likeness (QED) is 0.814. The summed E-state index contributed by atoms with van der Waals surface area (Å²) in [5.74, 6) is -0.489. The Morgan fingerprint density at radius 1 is 1.32 bits per heavy atom. The van der Waals surface area contributed by atoms with Crippen molar-refractivity contribution in [2.45, 2.75) is 18.6 Å². The number of ether oxygens (including phenoxy) is 2. The lowest BCUT2D eigenvalue weighted by Crippen LogP contribution is -2.31. The van der Waals surface area contributed by atoms with Crippen molar-refractivity contribution < 1.29 is 27.0 Å². The maximum absolute atomic E-state index is 13.7. The number of hydrogen-bond donors (Lipinski definition) is 1. The zero-order valence-corrected chi connectivity index (χ0v) is 10.3. The lowest BCUT2D eigenvalue weighted by Gasteiger charge is -2.14. The molecule has 0 radical (unpaired) electrons. The lowest BCUT2D eigenvalue weighted by molar-refractivity contribution is -0.174. The second-order valence-corrected chi connectivity index (χ2v) is 4.03. The maximum atomic E-state index is 13.7. The minimum absolute atomic E-state index is 0.0703. The number of benzene rings is 1. The molecule has 1 rings (SSSR count). The molecule has 2 N–H and O–H groups in total. The molecule has 3 nitrogen and oxygen atoms in total. The monoisotopic (exact) mass is 281 g/mol. The van der Waals surface area contributed by atoms with E-state index in [1.807, 2.05) is 0 Å². The molecular weight excluding hydrogens is 266 g/mol. The van der Waals surface area contributed by atoms with Crippen molar-refractivity contribution in [2.24, 2.45) is 5.73 Å². The van der Waals surface area contributed by atoms with Crippen molar-refractivity contribution in [3.63, 3.8) is 0 Å². The Morgan fingerprint density at radius 3 is 2.58 bits per heavy atom. The minimum Gasteiger partial charge on any atom is -0.494 e. The third-order valence-electron chi connectivity index (χ3n) is 2.34. The van der Waals surface area contributed by atoms with E-state index in [4.69, 9.17) is 10.5 Å². The number of hydrogen-bond acceptors (Lipinski definition) is 3. The molecule has 0 aliphatic rings. The van der Waals surface area contributed by atoms with Crippen LogP contribution in [0, 0.1) is 5.82 Å². The SMILES string of the molecule is COc1cccc(CC(N)COCC(F)(F)F)c1F. The van der Waals surface area contributed by atoms with Crippen LogP contribution in [0.5, 0.6) is 5.75 Å². The molecule has 0 saturated heterocycles. The molecule has 0 heterocycles. The van der Waals surface area contributed by atoms with E-state index in [1.165, 1.54) is 19.2 Å². The summed E-state index contributed by atoms with van der Waals surface area (Å²) in [7, 11) is 1.33. The zero-order valence-electron chi connectivity index (χ0n) is 10.3. The van der Waals surface area contributed by atoms with Gasteiger partial charge in [-0.2, -0.15) is 13.2 Å². The highest BCUT2D eigenvalue weighted by atomic mass is 19.4. The van der Waals surface area contributed by atoms with E-state index in [0.717, 1.165) is 0 Å². The molecule has 0 aliphatic heterocycles. The molecule has 0 bridgehead atoms. The van der Waals surface area contributed by atoms with Gasteiger partial charge in [0.1, 0.15) is 6.61 Å². The summed E-state index contributed by atoms with van der Waals surface area (Å²) >= 11 is 0. The topological polar surface area (TPSA) is 44.5 Å². The Balaban J connectivity index is 2.51. The van der Waals surface area contributed by atoms with E-state index in [-0.39, 0.29) is 24.3 Å². The predicted molar refractivity (Wildman–Crippen MR) is 61.5 cm³/mol. The highest BCUT2D eigenvalue weighted by Gasteiger charge is 2.27. The van der Waals surface area contributed by atoms with Gasteiger partial charge in [-0.15, -0.1) is 0 Å². The summed E-state index contributed by atoms with van der Waals surface area (Å²) in [6.45, 7) is -1.66. The van der Waals surface area contributed by atoms with Crippen molar-refractivity contribution in [3.05, 3.63) is 29.6 Å². The van der Waals surface area contributed by atoms with E-state index in [9.17, 15) is 17.6 Å². The van der Waals surface area contributed by atoms with E-state index in [0.29, 0.717) is 0 Å². The summed E-state index contributed by atoms with van der Waals surface area (Å²) in [5, 5.41) is 0. The van der Waals surface area contributed by atoms with Gasteiger partial charge < -0.3 is 15.2 Å². The molecule has 1 atom stereocenters. The first-order chi connectivity index (χ1) is 8.83. The smallest absolute Gasteiger partial charge is 0.411 e. The van der Waals surface area contributed by atoms with Gasteiger partial charge in [-0.25, -0.2) is 4.39 Å². The molecule has 0 fully saturated rings. The van der Waals surface area contributed by atoms with Gasteiger partial charge in [-0.05, 0) is 18.1 Å². The fraction of sp³-hybridized carbons (Fsp3) is 0.500. The molecule has 1 aromatic rings. The second kappa shape index (κ2) is 6.72. The van der Waals surface area contributed by atoms with Gasteiger partial charge in [0, 0.05) is 6.04 Å². The molecule has 0 amide bonds. The van der Waals surface area contributed by atoms with E-state index >= 15 is 0 Å². The molecule has 1 aromatic carbocycles. The number of methoxy groups -OCH3 is 1. The van der Waals surface area contributed by atoms with E-state index in [2.05, 4.69) is 4.74 Å². The molecule has 19 heavy (non-hydrogen) atoms. The van der Waals surface area contributed by atoms with Gasteiger partial charge in [-0.1, -0.05) is 12.1 Å².